The molecule has 5 nitrogen and oxygen atoms in total. The number of halogens is 1. The molecule has 0 spiro atoms. The Bertz CT molecular complexity index is 330. The van der Waals surface area contributed by atoms with E-state index in [9.17, 15) is 10.1 Å². The second-order valence-electron chi connectivity index (χ2n) is 2.35. The molecule has 0 saturated carbocycles. The summed E-state index contributed by atoms with van der Waals surface area (Å²) in [5.41, 5.74) is 0.570. The Morgan fingerprint density at radius 1 is 1.62 bits per heavy atom. The van der Waals surface area contributed by atoms with Crippen molar-refractivity contribution in [3.8, 4) is 0 Å². The molecule has 0 aromatic heterocycles. The standard InChI is InChI=1S/C7H7ClN2O3/c8-6-3-5(4-13-9)1-2-7(6)10(11)12/h1-3H,4,9H2. The topological polar surface area (TPSA) is 78.4 Å². The lowest BCUT2D eigenvalue weighted by Gasteiger charge is -1.99. The van der Waals surface area contributed by atoms with Gasteiger partial charge in [-0.25, -0.2) is 5.90 Å². The Labute approximate surface area is 79.2 Å². The summed E-state index contributed by atoms with van der Waals surface area (Å²) in [6.45, 7) is 0.178. The van der Waals surface area contributed by atoms with E-state index < -0.39 is 4.92 Å². The largest absolute Gasteiger partial charge is 0.300 e. The molecule has 1 rings (SSSR count). The molecule has 0 fully saturated rings. The Morgan fingerprint density at radius 3 is 2.77 bits per heavy atom. The number of benzene rings is 1. The molecule has 70 valence electrons. The van der Waals surface area contributed by atoms with Crippen molar-refractivity contribution in [1.82, 2.24) is 0 Å². The highest BCUT2D eigenvalue weighted by atomic mass is 35.5. The van der Waals surface area contributed by atoms with E-state index in [1.165, 1.54) is 18.2 Å². The van der Waals surface area contributed by atoms with Gasteiger partial charge in [-0.2, -0.15) is 0 Å². The van der Waals surface area contributed by atoms with E-state index in [1.807, 2.05) is 0 Å². The molecule has 0 radical (unpaired) electrons. The highest BCUT2D eigenvalue weighted by Crippen LogP contribution is 2.24. The Kier molecular flexibility index (Phi) is 3.18. The number of nitrogens with zero attached hydrogens (tertiary/aromatic N) is 1. The van der Waals surface area contributed by atoms with Crippen molar-refractivity contribution in [2.75, 3.05) is 0 Å². The van der Waals surface area contributed by atoms with Crippen LogP contribution in [-0.4, -0.2) is 4.92 Å². The number of hydrogen-bond acceptors (Lipinski definition) is 4. The summed E-state index contributed by atoms with van der Waals surface area (Å²) in [6.07, 6.45) is 0. The fourth-order valence-corrected chi connectivity index (χ4v) is 1.16. The minimum atomic E-state index is -0.546. The molecular weight excluding hydrogens is 196 g/mol. The van der Waals surface area contributed by atoms with Crippen LogP contribution in [0.15, 0.2) is 18.2 Å². The quantitative estimate of drug-likeness (QED) is 0.597. The molecule has 0 aliphatic rings. The van der Waals surface area contributed by atoms with Crippen molar-refractivity contribution in [3.63, 3.8) is 0 Å². The zero-order valence-corrected chi connectivity index (χ0v) is 7.32. The normalized spacial score (nSPS) is 10.0. The Hall–Kier alpha value is -1.17. The Morgan fingerprint density at radius 2 is 2.31 bits per heavy atom. The summed E-state index contributed by atoms with van der Waals surface area (Å²) in [5, 5.41) is 10.4. The molecule has 0 aliphatic heterocycles. The van der Waals surface area contributed by atoms with Crippen LogP contribution in [0.3, 0.4) is 0 Å². The van der Waals surface area contributed by atoms with E-state index in [2.05, 4.69) is 4.84 Å². The van der Waals surface area contributed by atoms with Crippen LogP contribution < -0.4 is 5.90 Å². The predicted octanol–water partition coefficient (Wildman–Crippen LogP) is 1.64. The number of nitro groups is 1. The van der Waals surface area contributed by atoms with Crippen molar-refractivity contribution < 1.29 is 9.76 Å². The van der Waals surface area contributed by atoms with Crippen LogP contribution in [0.5, 0.6) is 0 Å². The first kappa shape index (κ1) is 9.91. The van der Waals surface area contributed by atoms with Crippen LogP contribution in [0.2, 0.25) is 5.02 Å². The molecule has 0 aliphatic carbocycles. The van der Waals surface area contributed by atoms with Gasteiger partial charge < -0.3 is 0 Å². The average molecular weight is 203 g/mol. The van der Waals surface area contributed by atoms with Crippen molar-refractivity contribution in [3.05, 3.63) is 38.9 Å². The number of nitrogens with two attached hydrogens (primary N) is 1. The molecule has 0 unspecified atom stereocenters. The van der Waals surface area contributed by atoms with Gasteiger partial charge in [-0.05, 0) is 17.7 Å². The zero-order chi connectivity index (χ0) is 9.84. The second kappa shape index (κ2) is 4.18. The third-order valence-electron chi connectivity index (χ3n) is 1.46. The van der Waals surface area contributed by atoms with Gasteiger partial charge >= 0.3 is 0 Å². The minimum absolute atomic E-state index is 0.0829. The molecule has 2 N–H and O–H groups in total. The maximum absolute atomic E-state index is 10.4. The van der Waals surface area contributed by atoms with Crippen molar-refractivity contribution in [2.24, 2.45) is 5.90 Å². The first-order chi connectivity index (χ1) is 6.15. The van der Waals surface area contributed by atoms with Gasteiger partial charge in [-0.3, -0.25) is 15.0 Å². The summed E-state index contributed by atoms with van der Waals surface area (Å²) in [4.78, 5) is 14.2. The average Bonchev–Trinajstić information content (AvgIpc) is 2.04. The van der Waals surface area contributed by atoms with Gasteiger partial charge in [-0.15, -0.1) is 0 Å². The molecule has 1 aromatic rings. The number of nitro benzene ring substituents is 1. The van der Waals surface area contributed by atoms with Crippen LogP contribution in [0, 0.1) is 10.1 Å². The first-order valence-corrected chi connectivity index (χ1v) is 3.77. The fourth-order valence-electron chi connectivity index (χ4n) is 0.884. The molecule has 13 heavy (non-hydrogen) atoms. The van der Waals surface area contributed by atoms with Crippen LogP contribution >= 0.6 is 11.6 Å². The Balaban J connectivity index is 2.98. The minimum Gasteiger partial charge on any atom is -0.300 e. The highest BCUT2D eigenvalue weighted by molar-refractivity contribution is 6.32. The van der Waals surface area contributed by atoms with Crippen LogP contribution in [0.4, 0.5) is 5.69 Å². The maximum Gasteiger partial charge on any atom is 0.287 e. The summed E-state index contributed by atoms with van der Waals surface area (Å²) in [6, 6.07) is 4.31. The SMILES string of the molecule is NOCc1ccc([N+](=O)[O-])c(Cl)c1. The highest BCUT2D eigenvalue weighted by Gasteiger charge is 2.11. The van der Waals surface area contributed by atoms with Crippen molar-refractivity contribution in [1.29, 1.82) is 0 Å². The van der Waals surface area contributed by atoms with Gasteiger partial charge in [0.15, 0.2) is 0 Å². The van der Waals surface area contributed by atoms with Gasteiger partial charge in [0.25, 0.3) is 5.69 Å². The van der Waals surface area contributed by atoms with Crippen molar-refractivity contribution in [2.45, 2.75) is 6.61 Å². The molecule has 6 heteroatoms. The molecule has 0 atom stereocenters. The summed E-state index contributed by atoms with van der Waals surface area (Å²) in [7, 11) is 0. The molecule has 1 aromatic carbocycles. The van der Waals surface area contributed by atoms with Gasteiger partial charge in [0.05, 0.1) is 11.5 Å². The van der Waals surface area contributed by atoms with Crippen molar-refractivity contribution >= 4 is 17.3 Å². The smallest absolute Gasteiger partial charge is 0.287 e. The summed E-state index contributed by atoms with van der Waals surface area (Å²) in [5.74, 6) is 4.83. The number of rotatable bonds is 3. The monoisotopic (exact) mass is 202 g/mol. The molecule has 0 amide bonds. The predicted molar refractivity (Wildman–Crippen MR) is 47.1 cm³/mol. The maximum atomic E-state index is 10.4. The van der Waals surface area contributed by atoms with E-state index in [0.29, 0.717) is 5.56 Å². The molecule has 0 saturated heterocycles. The fraction of sp³-hybridized carbons (Fsp3) is 0.143. The van der Waals surface area contributed by atoms with E-state index in [4.69, 9.17) is 17.5 Å². The van der Waals surface area contributed by atoms with E-state index in [1.54, 1.807) is 0 Å². The third-order valence-corrected chi connectivity index (χ3v) is 1.76. The van der Waals surface area contributed by atoms with Gasteiger partial charge in [0, 0.05) is 6.07 Å². The van der Waals surface area contributed by atoms with Gasteiger partial charge in [0.1, 0.15) is 5.02 Å². The molecular formula is C7H7ClN2O3. The van der Waals surface area contributed by atoms with Gasteiger partial charge in [0.2, 0.25) is 0 Å². The molecule has 0 heterocycles. The van der Waals surface area contributed by atoms with E-state index >= 15 is 0 Å². The lowest BCUT2D eigenvalue weighted by Crippen LogP contribution is -1.99. The lowest BCUT2D eigenvalue weighted by molar-refractivity contribution is -0.384. The summed E-state index contributed by atoms with van der Waals surface area (Å²) >= 11 is 5.62. The lowest BCUT2D eigenvalue weighted by atomic mass is 10.2. The van der Waals surface area contributed by atoms with Gasteiger partial charge in [-0.1, -0.05) is 11.6 Å². The summed E-state index contributed by atoms with van der Waals surface area (Å²) < 4.78 is 0. The van der Waals surface area contributed by atoms with Crippen LogP contribution in [-0.2, 0) is 11.4 Å². The van der Waals surface area contributed by atoms with Crippen LogP contribution in [0.1, 0.15) is 5.56 Å². The van der Waals surface area contributed by atoms with Crippen LogP contribution in [0.25, 0.3) is 0 Å². The molecule has 0 bridgehead atoms. The number of hydrogen-bond donors (Lipinski definition) is 1. The third kappa shape index (κ3) is 2.38. The first-order valence-electron chi connectivity index (χ1n) is 3.39. The second-order valence-corrected chi connectivity index (χ2v) is 2.76. The van der Waals surface area contributed by atoms with E-state index in [-0.39, 0.29) is 17.3 Å². The van der Waals surface area contributed by atoms with E-state index in [0.717, 1.165) is 0 Å². The zero-order valence-electron chi connectivity index (χ0n) is 6.57.